The highest BCUT2D eigenvalue weighted by atomic mass is 16.5. The molecular formula is C15H24N2O3. The van der Waals surface area contributed by atoms with Crippen molar-refractivity contribution in [2.24, 2.45) is 0 Å². The predicted molar refractivity (Wildman–Crippen MR) is 79.1 cm³/mol. The van der Waals surface area contributed by atoms with E-state index < -0.39 is 0 Å². The van der Waals surface area contributed by atoms with E-state index in [9.17, 15) is 4.79 Å². The van der Waals surface area contributed by atoms with Gasteiger partial charge in [0.2, 0.25) is 5.91 Å². The molecule has 20 heavy (non-hydrogen) atoms. The first-order valence-corrected chi connectivity index (χ1v) is 6.85. The average molecular weight is 280 g/mol. The summed E-state index contributed by atoms with van der Waals surface area (Å²) in [4.78, 5) is 11.6. The molecule has 0 fully saturated rings. The Kier molecular flexibility index (Phi) is 8.42. The van der Waals surface area contributed by atoms with E-state index in [2.05, 4.69) is 10.6 Å². The minimum Gasteiger partial charge on any atom is -0.497 e. The predicted octanol–water partition coefficient (Wildman–Crippen LogP) is 0.980. The summed E-state index contributed by atoms with van der Waals surface area (Å²) in [5, 5.41) is 5.96. The van der Waals surface area contributed by atoms with Gasteiger partial charge in [-0.2, -0.15) is 0 Å². The van der Waals surface area contributed by atoms with Crippen LogP contribution in [0.2, 0.25) is 0 Å². The molecule has 0 aromatic heterocycles. The van der Waals surface area contributed by atoms with Crippen LogP contribution in [0.4, 0.5) is 0 Å². The first-order chi connectivity index (χ1) is 9.76. The molecule has 0 saturated heterocycles. The second-order valence-electron chi connectivity index (χ2n) is 4.47. The molecule has 0 radical (unpaired) electrons. The minimum atomic E-state index is 0.0188. The Morgan fingerprint density at radius 3 is 2.85 bits per heavy atom. The fourth-order valence-corrected chi connectivity index (χ4v) is 1.78. The van der Waals surface area contributed by atoms with E-state index in [4.69, 9.17) is 9.47 Å². The van der Waals surface area contributed by atoms with E-state index >= 15 is 0 Å². The molecule has 1 rings (SSSR count). The third-order valence-electron chi connectivity index (χ3n) is 2.86. The summed E-state index contributed by atoms with van der Waals surface area (Å²) in [6.07, 6.45) is 1.71. The SMILES string of the molecule is COCCCNCC(=O)NCCc1cccc(OC)c1. The molecule has 1 aromatic carbocycles. The maximum atomic E-state index is 11.6. The van der Waals surface area contributed by atoms with Crippen molar-refractivity contribution in [1.82, 2.24) is 10.6 Å². The zero-order valence-electron chi connectivity index (χ0n) is 12.3. The fourth-order valence-electron chi connectivity index (χ4n) is 1.78. The standard InChI is InChI=1S/C15H24N2O3/c1-19-10-4-8-16-12-15(18)17-9-7-13-5-3-6-14(11-13)20-2/h3,5-6,11,16H,4,7-10,12H2,1-2H3,(H,17,18). The Balaban J connectivity index is 2.12. The molecule has 5 heteroatoms. The zero-order valence-corrected chi connectivity index (χ0v) is 12.3. The maximum Gasteiger partial charge on any atom is 0.233 e. The van der Waals surface area contributed by atoms with E-state index in [1.54, 1.807) is 14.2 Å². The van der Waals surface area contributed by atoms with Crippen molar-refractivity contribution < 1.29 is 14.3 Å². The van der Waals surface area contributed by atoms with Gasteiger partial charge in [0, 0.05) is 20.3 Å². The zero-order chi connectivity index (χ0) is 14.6. The first kappa shape index (κ1) is 16.5. The van der Waals surface area contributed by atoms with E-state index in [0.29, 0.717) is 19.7 Å². The van der Waals surface area contributed by atoms with Crippen LogP contribution in [0.1, 0.15) is 12.0 Å². The summed E-state index contributed by atoms with van der Waals surface area (Å²) < 4.78 is 10.1. The Hall–Kier alpha value is -1.59. The van der Waals surface area contributed by atoms with Gasteiger partial charge in [0.25, 0.3) is 0 Å². The lowest BCUT2D eigenvalue weighted by Gasteiger charge is -2.07. The number of benzene rings is 1. The van der Waals surface area contributed by atoms with Gasteiger partial charge < -0.3 is 20.1 Å². The van der Waals surface area contributed by atoms with Crippen molar-refractivity contribution >= 4 is 5.91 Å². The van der Waals surface area contributed by atoms with Gasteiger partial charge in [0.05, 0.1) is 13.7 Å². The lowest BCUT2D eigenvalue weighted by atomic mass is 10.1. The number of carbonyl (C=O) groups excluding carboxylic acids is 1. The number of hydrogen-bond acceptors (Lipinski definition) is 4. The van der Waals surface area contributed by atoms with Gasteiger partial charge in [-0.05, 0) is 37.1 Å². The number of nitrogens with one attached hydrogen (secondary N) is 2. The summed E-state index contributed by atoms with van der Waals surface area (Å²) in [7, 11) is 3.32. The van der Waals surface area contributed by atoms with Gasteiger partial charge in [0.1, 0.15) is 5.75 Å². The quantitative estimate of drug-likeness (QED) is 0.627. The van der Waals surface area contributed by atoms with Crippen LogP contribution in [0, 0.1) is 0 Å². The molecule has 0 spiro atoms. The van der Waals surface area contributed by atoms with Gasteiger partial charge >= 0.3 is 0 Å². The number of carbonyl (C=O) groups is 1. The summed E-state index contributed by atoms with van der Waals surface area (Å²) in [6, 6.07) is 7.87. The Labute approximate surface area is 120 Å². The second-order valence-corrected chi connectivity index (χ2v) is 4.47. The number of amides is 1. The van der Waals surface area contributed by atoms with Gasteiger partial charge in [-0.25, -0.2) is 0 Å². The van der Waals surface area contributed by atoms with Crippen LogP contribution < -0.4 is 15.4 Å². The highest BCUT2D eigenvalue weighted by Crippen LogP contribution is 2.12. The van der Waals surface area contributed by atoms with Crippen molar-refractivity contribution in [1.29, 1.82) is 0 Å². The molecule has 0 saturated carbocycles. The maximum absolute atomic E-state index is 11.6. The minimum absolute atomic E-state index is 0.0188. The van der Waals surface area contributed by atoms with Crippen molar-refractivity contribution in [3.8, 4) is 5.75 Å². The average Bonchev–Trinajstić information content (AvgIpc) is 2.47. The van der Waals surface area contributed by atoms with Crippen molar-refractivity contribution in [3.63, 3.8) is 0 Å². The molecule has 0 aliphatic carbocycles. The summed E-state index contributed by atoms with van der Waals surface area (Å²) in [5.41, 5.74) is 1.15. The molecule has 0 aliphatic heterocycles. The lowest BCUT2D eigenvalue weighted by molar-refractivity contribution is -0.120. The normalized spacial score (nSPS) is 10.3. The van der Waals surface area contributed by atoms with Gasteiger partial charge in [-0.15, -0.1) is 0 Å². The summed E-state index contributed by atoms with van der Waals surface area (Å²) in [6.45, 7) is 2.48. The van der Waals surface area contributed by atoms with E-state index in [-0.39, 0.29) is 5.91 Å². The molecule has 1 aromatic rings. The topological polar surface area (TPSA) is 59.6 Å². The molecule has 5 nitrogen and oxygen atoms in total. The molecule has 2 N–H and O–H groups in total. The summed E-state index contributed by atoms with van der Waals surface area (Å²) >= 11 is 0. The van der Waals surface area contributed by atoms with Crippen LogP contribution in [0.5, 0.6) is 5.75 Å². The molecule has 0 aliphatic rings. The second kappa shape index (κ2) is 10.2. The highest BCUT2D eigenvalue weighted by Gasteiger charge is 2.01. The highest BCUT2D eigenvalue weighted by molar-refractivity contribution is 5.77. The van der Waals surface area contributed by atoms with Gasteiger partial charge in [-0.3, -0.25) is 4.79 Å². The van der Waals surface area contributed by atoms with Crippen LogP contribution in [-0.4, -0.2) is 46.4 Å². The lowest BCUT2D eigenvalue weighted by Crippen LogP contribution is -2.35. The molecule has 0 bridgehead atoms. The van der Waals surface area contributed by atoms with Crippen LogP contribution in [-0.2, 0) is 16.0 Å². The molecule has 1 amide bonds. The van der Waals surface area contributed by atoms with Crippen LogP contribution in [0.15, 0.2) is 24.3 Å². The van der Waals surface area contributed by atoms with Crippen LogP contribution >= 0.6 is 0 Å². The van der Waals surface area contributed by atoms with Crippen molar-refractivity contribution in [2.45, 2.75) is 12.8 Å². The summed E-state index contributed by atoms with van der Waals surface area (Å²) in [5.74, 6) is 0.860. The van der Waals surface area contributed by atoms with Gasteiger partial charge in [0.15, 0.2) is 0 Å². The number of ether oxygens (including phenoxy) is 2. The van der Waals surface area contributed by atoms with Crippen LogP contribution in [0.25, 0.3) is 0 Å². The third kappa shape index (κ3) is 7.11. The largest absolute Gasteiger partial charge is 0.497 e. The molecule has 112 valence electrons. The molecular weight excluding hydrogens is 256 g/mol. The van der Waals surface area contributed by atoms with Crippen LogP contribution in [0.3, 0.4) is 0 Å². The van der Waals surface area contributed by atoms with Gasteiger partial charge in [-0.1, -0.05) is 12.1 Å². The Morgan fingerprint density at radius 1 is 1.25 bits per heavy atom. The first-order valence-electron chi connectivity index (χ1n) is 6.85. The number of hydrogen-bond donors (Lipinski definition) is 2. The number of rotatable bonds is 10. The third-order valence-corrected chi connectivity index (χ3v) is 2.86. The van der Waals surface area contributed by atoms with Crippen molar-refractivity contribution in [3.05, 3.63) is 29.8 Å². The van der Waals surface area contributed by atoms with E-state index in [1.165, 1.54) is 0 Å². The number of methoxy groups -OCH3 is 2. The van der Waals surface area contributed by atoms with E-state index in [1.807, 2.05) is 24.3 Å². The van der Waals surface area contributed by atoms with E-state index in [0.717, 1.165) is 30.7 Å². The Bertz CT molecular complexity index is 396. The molecule has 0 unspecified atom stereocenters. The fraction of sp³-hybridized carbons (Fsp3) is 0.533. The Morgan fingerprint density at radius 2 is 2.10 bits per heavy atom. The smallest absolute Gasteiger partial charge is 0.233 e. The van der Waals surface area contributed by atoms with Crippen molar-refractivity contribution in [2.75, 3.05) is 40.5 Å². The molecule has 0 atom stereocenters. The molecule has 0 heterocycles. The monoisotopic (exact) mass is 280 g/mol.